The Bertz CT molecular complexity index is 805. The summed E-state index contributed by atoms with van der Waals surface area (Å²) < 4.78 is 43.7. The second-order valence-electron chi connectivity index (χ2n) is 6.71. The van der Waals surface area contributed by atoms with Crippen LogP contribution in [0.2, 0.25) is 0 Å². The molecule has 0 spiro atoms. The number of alkyl halides is 1. The number of hydrogen-bond donors (Lipinski definition) is 1. The van der Waals surface area contributed by atoms with Gasteiger partial charge in [-0.25, -0.2) is 12.8 Å². The maximum Gasteiger partial charge on any atom is 0.235 e. The van der Waals surface area contributed by atoms with Crippen molar-refractivity contribution in [3.63, 3.8) is 0 Å². The predicted molar refractivity (Wildman–Crippen MR) is 105 cm³/mol. The summed E-state index contributed by atoms with van der Waals surface area (Å²) in [5.74, 6) is 0.178. The van der Waals surface area contributed by atoms with Crippen molar-refractivity contribution < 1.29 is 17.5 Å². The van der Waals surface area contributed by atoms with E-state index in [1.54, 1.807) is 24.3 Å². The molecule has 0 atom stereocenters. The molecular formula is C20H25FN2O3S. The number of nitrogens with zero attached hydrogens (tertiary/aromatic N) is 1. The van der Waals surface area contributed by atoms with Crippen molar-refractivity contribution in [2.45, 2.75) is 25.5 Å². The first kappa shape index (κ1) is 19.6. The lowest BCUT2D eigenvalue weighted by molar-refractivity contribution is 0.0968. The van der Waals surface area contributed by atoms with Crippen molar-refractivity contribution in [1.82, 2.24) is 4.90 Å². The smallest absolute Gasteiger partial charge is 0.235 e. The van der Waals surface area contributed by atoms with E-state index in [1.165, 1.54) is 5.56 Å². The molecule has 1 fully saturated rings. The summed E-state index contributed by atoms with van der Waals surface area (Å²) in [5.41, 5.74) is 1.73. The third-order valence-corrected chi connectivity index (χ3v) is 5.80. The minimum absolute atomic E-state index is 0.158. The Hall–Kier alpha value is -2.12. The molecule has 146 valence electrons. The van der Waals surface area contributed by atoms with E-state index in [4.69, 9.17) is 4.74 Å². The van der Waals surface area contributed by atoms with E-state index in [0.717, 1.165) is 32.5 Å². The van der Waals surface area contributed by atoms with Gasteiger partial charge in [0, 0.05) is 25.3 Å². The van der Waals surface area contributed by atoms with Crippen LogP contribution in [0.1, 0.15) is 18.4 Å². The molecule has 0 amide bonds. The zero-order chi connectivity index (χ0) is 19.1. The van der Waals surface area contributed by atoms with Gasteiger partial charge in [-0.2, -0.15) is 0 Å². The van der Waals surface area contributed by atoms with E-state index >= 15 is 0 Å². The van der Waals surface area contributed by atoms with Crippen LogP contribution in [0, 0.1) is 0 Å². The number of rotatable bonds is 8. The number of benzene rings is 2. The second kappa shape index (κ2) is 9.19. The normalized spacial score (nSPS) is 16.2. The van der Waals surface area contributed by atoms with Gasteiger partial charge in [-0.15, -0.1) is 0 Å². The van der Waals surface area contributed by atoms with Crippen LogP contribution in [0.15, 0.2) is 54.6 Å². The molecule has 2 aromatic rings. The van der Waals surface area contributed by atoms with Crippen LogP contribution >= 0.6 is 0 Å². The monoisotopic (exact) mass is 392 g/mol. The van der Waals surface area contributed by atoms with Gasteiger partial charge in [0.1, 0.15) is 18.5 Å². The summed E-state index contributed by atoms with van der Waals surface area (Å²) in [6.45, 7) is 2.03. The summed E-state index contributed by atoms with van der Waals surface area (Å²) in [4.78, 5) is 2.43. The van der Waals surface area contributed by atoms with E-state index in [-0.39, 0.29) is 6.10 Å². The molecule has 0 saturated carbocycles. The highest BCUT2D eigenvalue weighted by Gasteiger charge is 2.20. The van der Waals surface area contributed by atoms with Crippen LogP contribution in [-0.4, -0.2) is 44.9 Å². The quantitative estimate of drug-likeness (QED) is 0.748. The number of halogens is 1. The Balaban J connectivity index is 1.46. The van der Waals surface area contributed by atoms with Crippen molar-refractivity contribution in [2.24, 2.45) is 0 Å². The fourth-order valence-corrected chi connectivity index (χ4v) is 3.95. The van der Waals surface area contributed by atoms with Crippen molar-refractivity contribution in [2.75, 3.05) is 30.2 Å². The van der Waals surface area contributed by atoms with Gasteiger partial charge in [-0.05, 0) is 42.7 Å². The average Bonchev–Trinajstić information content (AvgIpc) is 2.65. The third-order valence-electron chi connectivity index (χ3n) is 4.56. The summed E-state index contributed by atoms with van der Waals surface area (Å²) in [7, 11) is -3.63. The first-order valence-corrected chi connectivity index (χ1v) is 10.8. The highest BCUT2D eigenvalue weighted by atomic mass is 32.2. The summed E-state index contributed by atoms with van der Waals surface area (Å²) in [6, 6.07) is 17.2. The number of sulfonamides is 1. The molecule has 0 radical (unpaired) electrons. The first-order valence-electron chi connectivity index (χ1n) is 9.13. The molecule has 3 rings (SSSR count). The standard InChI is InChI=1S/C20H25FN2O3S/c21-12-15-27(24,25)22-18-6-8-19(9-7-18)26-20-10-13-23(14-11-20)16-17-4-2-1-3-5-17/h1-9,20,22H,10-16H2. The minimum Gasteiger partial charge on any atom is -0.490 e. The van der Waals surface area contributed by atoms with E-state index in [0.29, 0.717) is 11.4 Å². The zero-order valence-corrected chi connectivity index (χ0v) is 16.0. The number of nitrogens with one attached hydrogen (secondary N) is 1. The fourth-order valence-electron chi connectivity index (χ4n) is 3.15. The molecule has 0 aliphatic carbocycles. The van der Waals surface area contributed by atoms with Gasteiger partial charge in [0.25, 0.3) is 0 Å². The first-order chi connectivity index (χ1) is 13.0. The van der Waals surface area contributed by atoms with Crippen LogP contribution in [-0.2, 0) is 16.6 Å². The number of ether oxygens (including phenoxy) is 1. The second-order valence-corrected chi connectivity index (χ2v) is 8.56. The SMILES string of the molecule is O=S(=O)(CCF)Nc1ccc(OC2CCN(Cc3ccccc3)CC2)cc1. The molecule has 2 aromatic carbocycles. The number of piperidine rings is 1. The van der Waals surface area contributed by atoms with Gasteiger partial charge in [0.2, 0.25) is 10.0 Å². The molecule has 1 aliphatic heterocycles. The van der Waals surface area contributed by atoms with Crippen molar-refractivity contribution in [3.8, 4) is 5.75 Å². The molecule has 27 heavy (non-hydrogen) atoms. The van der Waals surface area contributed by atoms with Gasteiger partial charge in [-0.1, -0.05) is 30.3 Å². The lowest BCUT2D eigenvalue weighted by Crippen LogP contribution is -2.37. The zero-order valence-electron chi connectivity index (χ0n) is 15.2. The Morgan fingerprint density at radius 2 is 1.70 bits per heavy atom. The predicted octanol–water partition coefficient (Wildman–Crippen LogP) is 3.44. The average molecular weight is 392 g/mol. The molecule has 1 heterocycles. The van der Waals surface area contributed by atoms with E-state index in [9.17, 15) is 12.8 Å². The Kier molecular flexibility index (Phi) is 6.68. The molecule has 0 bridgehead atoms. The molecule has 5 nitrogen and oxygen atoms in total. The van der Waals surface area contributed by atoms with Gasteiger partial charge < -0.3 is 4.74 Å². The lowest BCUT2D eigenvalue weighted by atomic mass is 10.1. The van der Waals surface area contributed by atoms with E-state index < -0.39 is 22.5 Å². The van der Waals surface area contributed by atoms with Crippen molar-refractivity contribution in [3.05, 3.63) is 60.2 Å². The number of hydrogen-bond acceptors (Lipinski definition) is 4. The molecule has 0 unspecified atom stereocenters. The minimum atomic E-state index is -3.63. The third kappa shape index (κ3) is 6.22. The Morgan fingerprint density at radius 1 is 1.04 bits per heavy atom. The van der Waals surface area contributed by atoms with Gasteiger partial charge >= 0.3 is 0 Å². The molecule has 1 aliphatic rings. The van der Waals surface area contributed by atoms with E-state index in [1.807, 2.05) is 6.07 Å². The Labute approximate surface area is 160 Å². The lowest BCUT2D eigenvalue weighted by Gasteiger charge is -2.32. The molecule has 1 saturated heterocycles. The number of likely N-dealkylation sites (tertiary alicyclic amines) is 1. The molecule has 1 N–H and O–H groups in total. The molecular weight excluding hydrogens is 367 g/mol. The van der Waals surface area contributed by atoms with Gasteiger partial charge in [-0.3, -0.25) is 9.62 Å². The topological polar surface area (TPSA) is 58.6 Å². The molecule has 0 aromatic heterocycles. The van der Waals surface area contributed by atoms with Gasteiger partial charge in [0.15, 0.2) is 0 Å². The molecule has 7 heteroatoms. The van der Waals surface area contributed by atoms with Gasteiger partial charge in [0.05, 0.1) is 5.75 Å². The van der Waals surface area contributed by atoms with Crippen LogP contribution < -0.4 is 9.46 Å². The number of anilines is 1. The highest BCUT2D eigenvalue weighted by molar-refractivity contribution is 7.92. The van der Waals surface area contributed by atoms with Crippen LogP contribution in [0.5, 0.6) is 5.75 Å². The summed E-state index contributed by atoms with van der Waals surface area (Å²) >= 11 is 0. The van der Waals surface area contributed by atoms with E-state index in [2.05, 4.69) is 33.9 Å². The fraction of sp³-hybridized carbons (Fsp3) is 0.400. The van der Waals surface area contributed by atoms with Crippen LogP contribution in [0.4, 0.5) is 10.1 Å². The van der Waals surface area contributed by atoms with Crippen molar-refractivity contribution in [1.29, 1.82) is 0 Å². The van der Waals surface area contributed by atoms with Crippen molar-refractivity contribution >= 4 is 15.7 Å². The summed E-state index contributed by atoms with van der Waals surface area (Å²) in [5, 5.41) is 0. The maximum absolute atomic E-state index is 12.2. The Morgan fingerprint density at radius 3 is 2.33 bits per heavy atom. The van der Waals surface area contributed by atoms with Crippen LogP contribution in [0.25, 0.3) is 0 Å². The summed E-state index contributed by atoms with van der Waals surface area (Å²) in [6.07, 6.45) is 2.07. The largest absolute Gasteiger partial charge is 0.490 e. The maximum atomic E-state index is 12.2. The van der Waals surface area contributed by atoms with Crippen LogP contribution in [0.3, 0.4) is 0 Å². The highest BCUT2D eigenvalue weighted by Crippen LogP contribution is 2.22.